The summed E-state index contributed by atoms with van der Waals surface area (Å²) in [6, 6.07) is 3.13. The van der Waals surface area contributed by atoms with E-state index in [1.807, 2.05) is 0 Å². The van der Waals surface area contributed by atoms with Crippen LogP contribution in [0.5, 0.6) is 0 Å². The smallest absolute Gasteiger partial charge is 0.277 e. The van der Waals surface area contributed by atoms with Crippen LogP contribution in [-0.4, -0.2) is 48.0 Å². The number of carbonyl (C=O) groups excluding carboxylic acids is 2. The summed E-state index contributed by atoms with van der Waals surface area (Å²) in [5.41, 5.74) is -0.686. The largest absolute Gasteiger partial charge is 0.414 e. The molecule has 2 aromatic rings. The van der Waals surface area contributed by atoms with E-state index in [0.717, 1.165) is 30.0 Å². The average Bonchev–Trinajstić information content (AvgIpc) is 3.06. The molecule has 26 heavy (non-hydrogen) atoms. The molecule has 0 fully saturated rings. The van der Waals surface area contributed by atoms with Gasteiger partial charge < -0.3 is 19.8 Å². The van der Waals surface area contributed by atoms with Crippen LogP contribution in [0.4, 0.5) is 8.78 Å². The molecule has 2 amide bonds. The van der Waals surface area contributed by atoms with Crippen molar-refractivity contribution in [3.8, 4) is 0 Å². The highest BCUT2D eigenvalue weighted by Crippen LogP contribution is 2.16. The van der Waals surface area contributed by atoms with Crippen LogP contribution in [0.1, 0.15) is 16.2 Å². The Hall–Kier alpha value is -2.53. The summed E-state index contributed by atoms with van der Waals surface area (Å²) in [5, 5.41) is 12.5. The fourth-order valence-corrected chi connectivity index (χ4v) is 2.41. The molecular formula is C15H16F2N4O4S. The van der Waals surface area contributed by atoms with Crippen LogP contribution in [0.2, 0.25) is 0 Å². The molecule has 1 heterocycles. The third-order valence-corrected chi connectivity index (χ3v) is 3.81. The van der Waals surface area contributed by atoms with Gasteiger partial charge in [0.25, 0.3) is 11.1 Å². The number of ether oxygens (including phenoxy) is 1. The molecule has 1 aromatic heterocycles. The van der Waals surface area contributed by atoms with E-state index in [4.69, 9.17) is 9.15 Å². The monoisotopic (exact) mass is 386 g/mol. The minimum atomic E-state index is -0.969. The molecule has 0 atom stereocenters. The molecule has 0 saturated carbocycles. The molecule has 0 aliphatic carbocycles. The van der Waals surface area contributed by atoms with Gasteiger partial charge in [0, 0.05) is 13.7 Å². The zero-order chi connectivity index (χ0) is 18.9. The van der Waals surface area contributed by atoms with Crippen LogP contribution in [0.3, 0.4) is 0 Å². The minimum Gasteiger partial charge on any atom is -0.414 e. The lowest BCUT2D eigenvalue weighted by molar-refractivity contribution is -0.118. The summed E-state index contributed by atoms with van der Waals surface area (Å²) in [7, 11) is 1.53. The van der Waals surface area contributed by atoms with Crippen LogP contribution in [0.15, 0.2) is 27.8 Å². The van der Waals surface area contributed by atoms with Crippen molar-refractivity contribution < 1.29 is 27.5 Å². The van der Waals surface area contributed by atoms with E-state index in [0.29, 0.717) is 13.2 Å². The average molecular weight is 386 g/mol. The van der Waals surface area contributed by atoms with Gasteiger partial charge >= 0.3 is 0 Å². The first kappa shape index (κ1) is 19.8. The fourth-order valence-electron chi connectivity index (χ4n) is 1.80. The number of hydrogen-bond donors (Lipinski definition) is 2. The van der Waals surface area contributed by atoms with Gasteiger partial charge in [0.2, 0.25) is 11.8 Å². The van der Waals surface area contributed by atoms with Gasteiger partial charge in [0.05, 0.1) is 18.9 Å². The summed E-state index contributed by atoms with van der Waals surface area (Å²) < 4.78 is 37.1. The summed E-state index contributed by atoms with van der Waals surface area (Å²) in [6.07, 6.45) is 0. The van der Waals surface area contributed by atoms with E-state index < -0.39 is 23.1 Å². The molecule has 0 unspecified atom stereocenters. The predicted octanol–water partition coefficient (Wildman–Crippen LogP) is 1.13. The Morgan fingerprint density at radius 3 is 2.65 bits per heavy atom. The number of aromatic nitrogens is 2. The summed E-state index contributed by atoms with van der Waals surface area (Å²) in [4.78, 5) is 23.4. The van der Waals surface area contributed by atoms with E-state index >= 15 is 0 Å². The van der Waals surface area contributed by atoms with Crippen LogP contribution < -0.4 is 10.6 Å². The zero-order valence-electron chi connectivity index (χ0n) is 13.8. The standard InChI is InChI=1S/C15H16F2N4O4S/c1-24-6-5-18-11(22)8-26-15-21-20-12(25-15)7-19-14(23)13-9(16)3-2-4-10(13)17/h2-4H,5-8H2,1H3,(H,18,22)(H,19,23). The molecule has 0 radical (unpaired) electrons. The summed E-state index contributed by atoms with van der Waals surface area (Å²) >= 11 is 1.02. The van der Waals surface area contributed by atoms with Gasteiger partial charge in [-0.1, -0.05) is 17.8 Å². The van der Waals surface area contributed by atoms with Gasteiger partial charge in [-0.3, -0.25) is 9.59 Å². The quantitative estimate of drug-likeness (QED) is 0.492. The van der Waals surface area contributed by atoms with Crippen molar-refractivity contribution in [2.24, 2.45) is 0 Å². The normalized spacial score (nSPS) is 10.6. The van der Waals surface area contributed by atoms with Gasteiger partial charge in [-0.15, -0.1) is 10.2 Å². The van der Waals surface area contributed by atoms with Gasteiger partial charge in [0.15, 0.2) is 0 Å². The van der Waals surface area contributed by atoms with Crippen molar-refractivity contribution in [2.75, 3.05) is 26.0 Å². The highest BCUT2D eigenvalue weighted by Gasteiger charge is 2.18. The lowest BCUT2D eigenvalue weighted by atomic mass is 10.2. The third kappa shape index (κ3) is 5.77. The summed E-state index contributed by atoms with van der Waals surface area (Å²) in [5.74, 6) is -3.00. The number of carbonyl (C=O) groups is 2. The first-order chi connectivity index (χ1) is 12.5. The number of nitrogens with one attached hydrogen (secondary N) is 2. The molecule has 8 nitrogen and oxygen atoms in total. The maximum atomic E-state index is 13.5. The fraction of sp³-hybridized carbons (Fsp3) is 0.333. The number of rotatable bonds is 9. The second-order valence-corrected chi connectivity index (χ2v) is 5.80. The number of methoxy groups -OCH3 is 1. The number of amides is 2. The number of benzene rings is 1. The van der Waals surface area contributed by atoms with Crippen LogP contribution in [0, 0.1) is 11.6 Å². The first-order valence-electron chi connectivity index (χ1n) is 7.44. The Labute approximate surface area is 151 Å². The van der Waals surface area contributed by atoms with E-state index in [1.165, 1.54) is 7.11 Å². The van der Waals surface area contributed by atoms with E-state index in [1.54, 1.807) is 0 Å². The number of hydrogen-bond acceptors (Lipinski definition) is 7. The lowest BCUT2D eigenvalue weighted by Gasteiger charge is -2.04. The Morgan fingerprint density at radius 2 is 1.96 bits per heavy atom. The molecule has 2 N–H and O–H groups in total. The molecule has 0 bridgehead atoms. The molecule has 1 aromatic carbocycles. The topological polar surface area (TPSA) is 106 Å². The van der Waals surface area contributed by atoms with Crippen molar-refractivity contribution >= 4 is 23.6 Å². The van der Waals surface area contributed by atoms with Gasteiger partial charge in [-0.25, -0.2) is 8.78 Å². The molecule has 2 rings (SSSR count). The second kappa shape index (κ2) is 9.82. The highest BCUT2D eigenvalue weighted by molar-refractivity contribution is 7.99. The van der Waals surface area contributed by atoms with Crippen molar-refractivity contribution in [1.29, 1.82) is 0 Å². The van der Waals surface area contributed by atoms with Crippen LogP contribution >= 0.6 is 11.8 Å². The predicted molar refractivity (Wildman–Crippen MR) is 87.4 cm³/mol. The van der Waals surface area contributed by atoms with Crippen LogP contribution in [-0.2, 0) is 16.1 Å². The molecule has 140 valence electrons. The second-order valence-electron chi connectivity index (χ2n) is 4.87. The molecule has 0 spiro atoms. The molecular weight excluding hydrogens is 370 g/mol. The minimum absolute atomic E-state index is 0.0392. The Kier molecular flexibility index (Phi) is 7.48. The molecule has 0 aliphatic heterocycles. The SMILES string of the molecule is COCCNC(=O)CSc1nnc(CNC(=O)c2c(F)cccc2F)o1. The lowest BCUT2D eigenvalue weighted by Crippen LogP contribution is -2.28. The van der Waals surface area contributed by atoms with E-state index in [-0.39, 0.29) is 29.3 Å². The van der Waals surface area contributed by atoms with Crippen molar-refractivity contribution in [1.82, 2.24) is 20.8 Å². The number of halogens is 2. The van der Waals surface area contributed by atoms with Gasteiger partial charge in [-0.2, -0.15) is 0 Å². The van der Waals surface area contributed by atoms with E-state index in [9.17, 15) is 18.4 Å². The number of nitrogens with zero attached hydrogens (tertiary/aromatic N) is 2. The van der Waals surface area contributed by atoms with Crippen molar-refractivity contribution in [3.05, 3.63) is 41.3 Å². The maximum Gasteiger partial charge on any atom is 0.277 e. The molecule has 11 heteroatoms. The third-order valence-electron chi connectivity index (χ3n) is 2.99. The Morgan fingerprint density at radius 1 is 1.23 bits per heavy atom. The Balaban J connectivity index is 1.81. The van der Waals surface area contributed by atoms with Crippen molar-refractivity contribution in [2.45, 2.75) is 11.8 Å². The first-order valence-corrected chi connectivity index (χ1v) is 8.43. The van der Waals surface area contributed by atoms with E-state index in [2.05, 4.69) is 20.8 Å². The highest BCUT2D eigenvalue weighted by atomic mass is 32.2. The maximum absolute atomic E-state index is 13.5. The van der Waals surface area contributed by atoms with Crippen LogP contribution in [0.25, 0.3) is 0 Å². The Bertz CT molecular complexity index is 752. The summed E-state index contributed by atoms with van der Waals surface area (Å²) in [6.45, 7) is 0.591. The van der Waals surface area contributed by atoms with Gasteiger partial charge in [0.1, 0.15) is 17.2 Å². The molecule has 0 aliphatic rings. The zero-order valence-corrected chi connectivity index (χ0v) is 14.6. The van der Waals surface area contributed by atoms with Crippen molar-refractivity contribution in [3.63, 3.8) is 0 Å². The van der Waals surface area contributed by atoms with Gasteiger partial charge in [-0.05, 0) is 12.1 Å². The number of thioether (sulfide) groups is 1. The molecule has 0 saturated heterocycles.